The number of carbonyl (C=O) groups excluding carboxylic acids is 10. The molecule has 408 valence electrons. The second-order valence-corrected chi connectivity index (χ2v) is 18.2. The Balaban J connectivity index is 3.37. The Bertz CT molecular complexity index is 1930. The number of carbonyl (C=O) groups is 12. The topological polar surface area (TPSA) is 498 Å². The van der Waals surface area contributed by atoms with Gasteiger partial charge in [0, 0.05) is 19.4 Å². The van der Waals surface area contributed by atoms with Gasteiger partial charge in [-0.15, -0.1) is 0 Å². The zero-order valence-corrected chi connectivity index (χ0v) is 41.4. The summed E-state index contributed by atoms with van der Waals surface area (Å²) in [6, 6.07) is -14.6. The molecule has 10 amide bonds. The molecule has 0 unspecified atom stereocenters. The number of primary amides is 2. The van der Waals surface area contributed by atoms with E-state index >= 15 is 0 Å². The Labute approximate surface area is 419 Å². The first-order chi connectivity index (χ1) is 33.7. The van der Waals surface area contributed by atoms with E-state index < -0.39 is 176 Å². The molecule has 1 saturated heterocycles. The maximum absolute atomic E-state index is 14.2. The molecule has 0 aliphatic carbocycles. The molecule has 0 radical (unpaired) electrons. The standard InChI is InChI=1S/C42H72N12O17S/c1-19(55)31(39(67)50-26(18-30(60)61)36(64)47-23(8-5-6-15-43)35(63)49-25(42(70)71)11-13-29(46)59)52-37(65)27-9-7-16-54(27)41(69)24(10-12-28(45)58)48-38(66)32(20(2)56)53-40(68)33(21(3)57)51-34(62)22(44)14-17-72-4/h19-27,31-33,55-57H,5-18,43-44H2,1-4H3,(H2,45,58)(H2,46,59)(H,47,64)(H,48,66)(H,49,63)(H,50,67)(H,51,62)(H,52,65)(H,53,68)(H,60,61)(H,70,71)/t19-,20-,21-,22+,23+,24+,25+,26+,27+,31+,32+,33+/m1/s1. The third kappa shape index (κ3) is 22.1. The monoisotopic (exact) mass is 1050 g/mol. The number of hydrogen-bond acceptors (Lipinski definition) is 18. The van der Waals surface area contributed by atoms with Gasteiger partial charge in [-0.1, -0.05) is 0 Å². The molecule has 0 bridgehead atoms. The van der Waals surface area contributed by atoms with Crippen LogP contribution in [0.3, 0.4) is 0 Å². The van der Waals surface area contributed by atoms with Crippen LogP contribution >= 0.6 is 11.8 Å². The number of carboxylic acid groups (broad SMARTS) is 2. The van der Waals surface area contributed by atoms with E-state index in [1.807, 2.05) is 0 Å². The number of rotatable bonds is 34. The SMILES string of the molecule is CSCC[C@H](N)C(=O)N[C@H](C(=O)N[C@H](C(=O)N[C@@H](CCC(N)=O)C(=O)N1CCC[C@H]1C(=O)N[C@H](C(=O)N[C@@H](CC(=O)O)C(=O)N[C@@H](CCCCN)C(=O)N[C@@H](CCC(N)=O)C(=O)O)[C@@H](C)O)[C@@H](C)O)[C@@H](C)O. The quantitative estimate of drug-likeness (QED) is 0.0266. The lowest BCUT2D eigenvalue weighted by atomic mass is 10.0. The number of nitrogens with one attached hydrogen (secondary N) is 7. The van der Waals surface area contributed by atoms with Gasteiger partial charge in [0.05, 0.1) is 30.8 Å². The molecule has 1 aliphatic rings. The van der Waals surface area contributed by atoms with Crippen molar-refractivity contribution < 1.29 is 83.1 Å². The first-order valence-electron chi connectivity index (χ1n) is 23.1. The zero-order chi connectivity index (χ0) is 55.0. The summed E-state index contributed by atoms with van der Waals surface area (Å²) in [5.41, 5.74) is 21.9. The van der Waals surface area contributed by atoms with Gasteiger partial charge in [0.1, 0.15) is 48.3 Å². The number of nitrogens with zero attached hydrogens (tertiary/aromatic N) is 1. The van der Waals surface area contributed by atoms with Crippen molar-refractivity contribution in [1.82, 2.24) is 42.1 Å². The third-order valence-electron chi connectivity index (χ3n) is 11.2. The molecule has 29 nitrogen and oxygen atoms in total. The highest BCUT2D eigenvalue weighted by molar-refractivity contribution is 7.98. The molecule has 0 aromatic rings. The number of aliphatic carboxylic acids is 2. The molecule has 12 atom stereocenters. The highest BCUT2D eigenvalue weighted by atomic mass is 32.2. The fourth-order valence-electron chi connectivity index (χ4n) is 7.15. The molecule has 1 rings (SSSR count). The van der Waals surface area contributed by atoms with Gasteiger partial charge in [0.15, 0.2) is 0 Å². The van der Waals surface area contributed by atoms with Crippen LogP contribution in [-0.2, 0) is 57.5 Å². The van der Waals surface area contributed by atoms with Crippen LogP contribution in [-0.4, -0.2) is 199 Å². The zero-order valence-electron chi connectivity index (χ0n) is 40.6. The van der Waals surface area contributed by atoms with Crippen molar-refractivity contribution in [2.75, 3.05) is 25.1 Å². The van der Waals surface area contributed by atoms with E-state index in [0.29, 0.717) is 12.2 Å². The van der Waals surface area contributed by atoms with Crippen molar-refractivity contribution in [3.05, 3.63) is 0 Å². The average molecular weight is 1050 g/mol. The molecular weight excluding hydrogens is 977 g/mol. The molecule has 1 heterocycles. The van der Waals surface area contributed by atoms with Gasteiger partial charge < -0.3 is 90.6 Å². The van der Waals surface area contributed by atoms with Gasteiger partial charge in [-0.3, -0.25) is 52.7 Å². The molecule has 72 heavy (non-hydrogen) atoms. The van der Waals surface area contributed by atoms with Crippen LogP contribution in [0.1, 0.15) is 91.4 Å². The number of likely N-dealkylation sites (tertiary alicyclic amines) is 1. The summed E-state index contributed by atoms with van der Waals surface area (Å²) in [5.74, 6) is -13.1. The fourth-order valence-corrected chi connectivity index (χ4v) is 7.64. The second kappa shape index (κ2) is 32.0. The van der Waals surface area contributed by atoms with E-state index in [9.17, 15) is 83.1 Å². The molecule has 1 aliphatic heterocycles. The van der Waals surface area contributed by atoms with Crippen LogP contribution in [0.2, 0.25) is 0 Å². The molecule has 30 heteroatoms. The van der Waals surface area contributed by atoms with Gasteiger partial charge >= 0.3 is 11.9 Å². The van der Waals surface area contributed by atoms with E-state index in [0.717, 1.165) is 18.7 Å². The molecular formula is C42H72N12O17S. The Kier molecular flexibility index (Phi) is 28.3. The number of amides is 10. The Morgan fingerprint density at radius 1 is 0.597 bits per heavy atom. The number of aliphatic hydroxyl groups is 3. The highest BCUT2D eigenvalue weighted by Crippen LogP contribution is 2.21. The Morgan fingerprint density at radius 3 is 1.54 bits per heavy atom. The number of carboxylic acids is 2. The Hall–Kier alpha value is -6.21. The summed E-state index contributed by atoms with van der Waals surface area (Å²) in [4.78, 5) is 156. The summed E-state index contributed by atoms with van der Waals surface area (Å²) in [6.45, 7) is 3.39. The van der Waals surface area contributed by atoms with Gasteiger partial charge in [-0.05, 0) is 90.7 Å². The van der Waals surface area contributed by atoms with Crippen LogP contribution in [0.5, 0.6) is 0 Å². The van der Waals surface area contributed by atoms with E-state index in [1.54, 1.807) is 6.26 Å². The summed E-state index contributed by atoms with van der Waals surface area (Å²) in [5, 5.41) is 66.6. The third-order valence-corrected chi connectivity index (χ3v) is 11.8. The summed E-state index contributed by atoms with van der Waals surface area (Å²) in [7, 11) is 0. The first kappa shape index (κ1) is 63.8. The van der Waals surface area contributed by atoms with Gasteiger partial charge in [0.2, 0.25) is 59.1 Å². The van der Waals surface area contributed by atoms with Gasteiger partial charge in [-0.2, -0.15) is 11.8 Å². The van der Waals surface area contributed by atoms with Crippen molar-refractivity contribution in [2.24, 2.45) is 22.9 Å². The first-order valence-corrected chi connectivity index (χ1v) is 24.5. The van der Waals surface area contributed by atoms with Gasteiger partial charge in [0.25, 0.3) is 0 Å². The maximum Gasteiger partial charge on any atom is 0.326 e. The maximum atomic E-state index is 14.2. The number of aliphatic hydroxyl groups excluding tert-OH is 3. The lowest BCUT2D eigenvalue weighted by molar-refractivity contribution is -0.144. The van der Waals surface area contributed by atoms with Crippen molar-refractivity contribution in [3.8, 4) is 0 Å². The van der Waals surface area contributed by atoms with E-state index in [1.165, 1.54) is 18.7 Å². The second-order valence-electron chi connectivity index (χ2n) is 17.2. The van der Waals surface area contributed by atoms with Crippen molar-refractivity contribution in [1.29, 1.82) is 0 Å². The van der Waals surface area contributed by atoms with Crippen molar-refractivity contribution in [2.45, 2.75) is 164 Å². The van der Waals surface area contributed by atoms with Crippen molar-refractivity contribution >= 4 is 82.8 Å². The van der Waals surface area contributed by atoms with Crippen LogP contribution < -0.4 is 60.2 Å². The predicted octanol–water partition coefficient (Wildman–Crippen LogP) is -7.19. The van der Waals surface area contributed by atoms with Crippen molar-refractivity contribution in [3.63, 3.8) is 0 Å². The van der Waals surface area contributed by atoms with Crippen LogP contribution in [0.25, 0.3) is 0 Å². The fraction of sp³-hybridized carbons (Fsp3) is 0.714. The smallest absolute Gasteiger partial charge is 0.326 e. The summed E-state index contributed by atoms with van der Waals surface area (Å²) in [6.07, 6.45) is -5.24. The number of unbranched alkanes of at least 4 members (excludes halogenated alkanes) is 1. The molecule has 20 N–H and O–H groups in total. The minimum Gasteiger partial charge on any atom is -0.481 e. The van der Waals surface area contributed by atoms with Gasteiger partial charge in [-0.25, -0.2) is 4.79 Å². The summed E-state index contributed by atoms with van der Waals surface area (Å²) < 4.78 is 0. The minimum absolute atomic E-state index is 0.0507. The molecule has 1 fully saturated rings. The summed E-state index contributed by atoms with van der Waals surface area (Å²) >= 11 is 1.42. The molecule has 0 spiro atoms. The molecule has 0 aromatic carbocycles. The van der Waals surface area contributed by atoms with E-state index in [-0.39, 0.29) is 45.2 Å². The Morgan fingerprint density at radius 2 is 1.06 bits per heavy atom. The lowest BCUT2D eigenvalue weighted by Crippen LogP contribution is -2.63. The largest absolute Gasteiger partial charge is 0.481 e. The molecule has 0 saturated carbocycles. The minimum atomic E-state index is -1.97. The van der Waals surface area contributed by atoms with E-state index in [2.05, 4.69) is 37.2 Å². The number of nitrogens with two attached hydrogens (primary N) is 4. The number of thioether (sulfide) groups is 1. The van der Waals surface area contributed by atoms with E-state index in [4.69, 9.17) is 22.9 Å². The number of hydrogen-bond donors (Lipinski definition) is 16. The highest BCUT2D eigenvalue weighted by Gasteiger charge is 2.42. The lowest BCUT2D eigenvalue weighted by Gasteiger charge is -2.32. The van der Waals surface area contributed by atoms with Crippen LogP contribution in [0.4, 0.5) is 0 Å². The average Bonchev–Trinajstić information content (AvgIpc) is 3.79. The predicted molar refractivity (Wildman–Crippen MR) is 254 cm³/mol. The normalized spacial score (nSPS) is 17.8. The van der Waals surface area contributed by atoms with Crippen LogP contribution in [0, 0.1) is 0 Å². The van der Waals surface area contributed by atoms with Crippen LogP contribution in [0.15, 0.2) is 0 Å². The molecule has 0 aromatic heterocycles.